The standard InChI is InChI=1S/C12H14N2O/c1-3-11-8-12(10(2)13-9-11)14-4-6-15-7-5-14/h1,8-9H,4-7H2,2H3. The van der Waals surface area contributed by atoms with Gasteiger partial charge in [0.25, 0.3) is 0 Å². The van der Waals surface area contributed by atoms with Crippen molar-refractivity contribution in [3.8, 4) is 12.3 Å². The third-order valence-corrected chi connectivity index (χ3v) is 2.58. The third kappa shape index (κ3) is 2.11. The number of ether oxygens (including phenoxy) is 1. The van der Waals surface area contributed by atoms with Gasteiger partial charge in [0.15, 0.2) is 0 Å². The van der Waals surface area contributed by atoms with Crippen LogP contribution in [0.15, 0.2) is 12.3 Å². The predicted molar refractivity (Wildman–Crippen MR) is 59.9 cm³/mol. The van der Waals surface area contributed by atoms with Gasteiger partial charge >= 0.3 is 0 Å². The lowest BCUT2D eigenvalue weighted by molar-refractivity contribution is 0.122. The molecule has 0 N–H and O–H groups in total. The zero-order chi connectivity index (χ0) is 10.7. The van der Waals surface area contributed by atoms with Crippen LogP contribution < -0.4 is 4.90 Å². The van der Waals surface area contributed by atoms with E-state index in [9.17, 15) is 0 Å². The molecule has 0 atom stereocenters. The van der Waals surface area contributed by atoms with E-state index in [-0.39, 0.29) is 0 Å². The highest BCUT2D eigenvalue weighted by Gasteiger charge is 2.13. The van der Waals surface area contributed by atoms with Crippen molar-refractivity contribution in [3.05, 3.63) is 23.5 Å². The van der Waals surface area contributed by atoms with Crippen LogP contribution in [-0.2, 0) is 4.74 Å². The smallest absolute Gasteiger partial charge is 0.0642 e. The van der Waals surface area contributed by atoms with Crippen LogP contribution in [0.5, 0.6) is 0 Å². The maximum Gasteiger partial charge on any atom is 0.0642 e. The van der Waals surface area contributed by atoms with E-state index < -0.39 is 0 Å². The summed E-state index contributed by atoms with van der Waals surface area (Å²) in [6, 6.07) is 2.02. The summed E-state index contributed by atoms with van der Waals surface area (Å²) in [6.07, 6.45) is 7.10. The number of hydrogen-bond acceptors (Lipinski definition) is 3. The molecule has 2 heterocycles. The van der Waals surface area contributed by atoms with E-state index in [2.05, 4.69) is 15.8 Å². The Balaban J connectivity index is 2.29. The van der Waals surface area contributed by atoms with Crippen molar-refractivity contribution in [1.82, 2.24) is 4.98 Å². The van der Waals surface area contributed by atoms with Crippen LogP contribution in [0.4, 0.5) is 5.69 Å². The molecule has 0 amide bonds. The van der Waals surface area contributed by atoms with Crippen molar-refractivity contribution < 1.29 is 4.74 Å². The average Bonchev–Trinajstić information content (AvgIpc) is 2.31. The lowest BCUT2D eigenvalue weighted by Gasteiger charge is -2.29. The molecule has 0 aromatic carbocycles. The Hall–Kier alpha value is -1.53. The van der Waals surface area contributed by atoms with Gasteiger partial charge in [-0.05, 0) is 13.0 Å². The maximum absolute atomic E-state index is 5.37. The molecule has 3 nitrogen and oxygen atoms in total. The highest BCUT2D eigenvalue weighted by molar-refractivity contribution is 5.54. The van der Waals surface area contributed by atoms with Gasteiger partial charge in [0.1, 0.15) is 0 Å². The highest BCUT2D eigenvalue weighted by Crippen LogP contribution is 2.20. The van der Waals surface area contributed by atoms with Crippen LogP contribution in [0.2, 0.25) is 0 Å². The van der Waals surface area contributed by atoms with Gasteiger partial charge in [-0.25, -0.2) is 0 Å². The minimum atomic E-state index is 0.778. The number of rotatable bonds is 1. The van der Waals surface area contributed by atoms with Crippen molar-refractivity contribution >= 4 is 5.69 Å². The van der Waals surface area contributed by atoms with E-state index in [1.807, 2.05) is 13.0 Å². The minimum absolute atomic E-state index is 0.778. The van der Waals surface area contributed by atoms with Gasteiger partial charge in [0.05, 0.1) is 24.6 Å². The van der Waals surface area contributed by atoms with E-state index in [1.54, 1.807) is 6.20 Å². The van der Waals surface area contributed by atoms with Gasteiger partial charge in [0, 0.05) is 24.8 Å². The van der Waals surface area contributed by atoms with E-state index in [1.165, 1.54) is 0 Å². The summed E-state index contributed by atoms with van der Waals surface area (Å²) in [4.78, 5) is 6.57. The van der Waals surface area contributed by atoms with E-state index >= 15 is 0 Å². The molecule has 1 saturated heterocycles. The molecular formula is C12H14N2O. The van der Waals surface area contributed by atoms with Crippen LogP contribution >= 0.6 is 0 Å². The number of terminal acetylenes is 1. The molecule has 1 fully saturated rings. The number of aryl methyl sites for hydroxylation is 1. The van der Waals surface area contributed by atoms with E-state index in [0.29, 0.717) is 0 Å². The SMILES string of the molecule is C#Cc1cnc(C)c(N2CCOCC2)c1. The van der Waals surface area contributed by atoms with Crippen LogP contribution in [0.3, 0.4) is 0 Å². The number of anilines is 1. The summed E-state index contributed by atoms with van der Waals surface area (Å²) in [6.45, 7) is 5.39. The van der Waals surface area contributed by atoms with Crippen molar-refractivity contribution in [2.24, 2.45) is 0 Å². The summed E-state index contributed by atoms with van der Waals surface area (Å²) < 4.78 is 5.32. The maximum atomic E-state index is 5.37. The molecule has 78 valence electrons. The largest absolute Gasteiger partial charge is 0.378 e. The molecular weight excluding hydrogens is 188 g/mol. The van der Waals surface area contributed by atoms with Crippen molar-refractivity contribution in [2.75, 3.05) is 31.2 Å². The van der Waals surface area contributed by atoms with Crippen LogP contribution in [0.25, 0.3) is 0 Å². The van der Waals surface area contributed by atoms with Crippen molar-refractivity contribution in [2.45, 2.75) is 6.92 Å². The fourth-order valence-corrected chi connectivity index (χ4v) is 1.72. The number of morpholine rings is 1. The first-order valence-electron chi connectivity index (χ1n) is 5.07. The molecule has 1 aromatic heterocycles. The molecule has 3 heteroatoms. The number of hydrogen-bond donors (Lipinski definition) is 0. The number of aromatic nitrogens is 1. The molecule has 1 aliphatic rings. The lowest BCUT2D eigenvalue weighted by Crippen LogP contribution is -2.36. The molecule has 0 saturated carbocycles. The summed E-state index contributed by atoms with van der Waals surface area (Å²) in [7, 11) is 0. The van der Waals surface area contributed by atoms with Gasteiger partial charge in [-0.15, -0.1) is 6.42 Å². The van der Waals surface area contributed by atoms with Gasteiger partial charge in [-0.1, -0.05) is 5.92 Å². The van der Waals surface area contributed by atoms with Gasteiger partial charge in [0.2, 0.25) is 0 Å². The molecule has 0 radical (unpaired) electrons. The molecule has 1 aliphatic heterocycles. The zero-order valence-electron chi connectivity index (χ0n) is 8.86. The Kier molecular flexibility index (Phi) is 2.89. The summed E-state index contributed by atoms with van der Waals surface area (Å²) in [5, 5.41) is 0. The molecule has 2 rings (SSSR count). The second-order valence-electron chi connectivity index (χ2n) is 3.57. The van der Waals surface area contributed by atoms with E-state index in [0.717, 1.165) is 43.2 Å². The van der Waals surface area contributed by atoms with Crippen LogP contribution in [0, 0.1) is 19.3 Å². The normalized spacial score (nSPS) is 16.1. The Morgan fingerprint density at radius 3 is 2.87 bits per heavy atom. The Bertz CT molecular complexity index is 389. The Labute approximate surface area is 90.1 Å². The van der Waals surface area contributed by atoms with Crippen molar-refractivity contribution in [3.63, 3.8) is 0 Å². The fourth-order valence-electron chi connectivity index (χ4n) is 1.72. The van der Waals surface area contributed by atoms with E-state index in [4.69, 9.17) is 11.2 Å². The monoisotopic (exact) mass is 202 g/mol. The second kappa shape index (κ2) is 4.33. The third-order valence-electron chi connectivity index (χ3n) is 2.58. The number of nitrogens with zero attached hydrogens (tertiary/aromatic N) is 2. The molecule has 0 unspecified atom stereocenters. The average molecular weight is 202 g/mol. The molecule has 1 aromatic rings. The predicted octanol–water partition coefficient (Wildman–Crippen LogP) is 1.21. The molecule has 0 bridgehead atoms. The van der Waals surface area contributed by atoms with Gasteiger partial charge in [-0.2, -0.15) is 0 Å². The first-order chi connectivity index (χ1) is 7.31. The van der Waals surface area contributed by atoms with Gasteiger partial charge in [-0.3, -0.25) is 4.98 Å². The summed E-state index contributed by atoms with van der Waals surface area (Å²) >= 11 is 0. The minimum Gasteiger partial charge on any atom is -0.378 e. The summed E-state index contributed by atoms with van der Waals surface area (Å²) in [5.74, 6) is 2.61. The first kappa shape index (κ1) is 10.0. The first-order valence-corrected chi connectivity index (χ1v) is 5.07. The Morgan fingerprint density at radius 1 is 1.47 bits per heavy atom. The topological polar surface area (TPSA) is 25.4 Å². The van der Waals surface area contributed by atoms with Crippen LogP contribution in [0.1, 0.15) is 11.3 Å². The molecule has 15 heavy (non-hydrogen) atoms. The lowest BCUT2D eigenvalue weighted by atomic mass is 10.2. The highest BCUT2D eigenvalue weighted by atomic mass is 16.5. The van der Waals surface area contributed by atoms with Crippen molar-refractivity contribution in [1.29, 1.82) is 0 Å². The summed E-state index contributed by atoms with van der Waals surface area (Å²) in [5.41, 5.74) is 2.99. The fraction of sp³-hybridized carbons (Fsp3) is 0.417. The zero-order valence-corrected chi connectivity index (χ0v) is 8.86. The van der Waals surface area contributed by atoms with Crippen LogP contribution in [-0.4, -0.2) is 31.3 Å². The molecule has 0 spiro atoms. The second-order valence-corrected chi connectivity index (χ2v) is 3.57. The molecule has 0 aliphatic carbocycles. The Morgan fingerprint density at radius 2 is 2.20 bits per heavy atom. The number of pyridine rings is 1. The van der Waals surface area contributed by atoms with Gasteiger partial charge < -0.3 is 9.64 Å². The quantitative estimate of drug-likeness (QED) is 0.640.